The minimum atomic E-state index is -0.618. The molecule has 3 aromatic carbocycles. The molecule has 0 saturated heterocycles. The maximum Gasteiger partial charge on any atom is 0.363 e. The van der Waals surface area contributed by atoms with Gasteiger partial charge in [0.25, 0.3) is 0 Å². The fraction of sp³-hybridized carbons (Fsp3) is 0. The molecule has 0 amide bonds. The minimum absolute atomic E-state index is 0.0745. The van der Waals surface area contributed by atoms with Crippen LogP contribution in [0.15, 0.2) is 83.5 Å². The first-order valence-corrected chi connectivity index (χ1v) is 9.60. The monoisotopic (exact) mass is 437 g/mol. The lowest BCUT2D eigenvalue weighted by molar-refractivity contribution is -0.129. The smallest absolute Gasteiger partial charge is 0.363 e. The summed E-state index contributed by atoms with van der Waals surface area (Å²) < 4.78 is 10.6. The zero-order chi connectivity index (χ0) is 21.1. The molecule has 0 atom stereocenters. The Bertz CT molecular complexity index is 1200. The molecule has 1 aliphatic rings. The fourth-order valence-corrected chi connectivity index (χ4v) is 3.12. The highest BCUT2D eigenvalue weighted by atomic mass is 35.5. The van der Waals surface area contributed by atoms with E-state index in [4.69, 9.17) is 32.7 Å². The molecule has 7 heteroatoms. The lowest BCUT2D eigenvalue weighted by Gasteiger charge is -2.05. The highest BCUT2D eigenvalue weighted by Crippen LogP contribution is 2.27. The van der Waals surface area contributed by atoms with Crippen molar-refractivity contribution in [3.63, 3.8) is 0 Å². The molecule has 0 spiro atoms. The van der Waals surface area contributed by atoms with E-state index in [0.29, 0.717) is 32.5 Å². The standard InChI is InChI=1S/C23H13Cl2NO4/c24-16-9-10-19(25)18(13-16)21-26-20(23(28)30-21)12-14-5-4-8-17(11-14)29-22(27)15-6-2-1-3-7-15/h1-13H. The van der Waals surface area contributed by atoms with E-state index >= 15 is 0 Å². The second-order valence-electron chi connectivity index (χ2n) is 6.29. The zero-order valence-corrected chi connectivity index (χ0v) is 16.9. The van der Waals surface area contributed by atoms with Gasteiger partial charge >= 0.3 is 11.9 Å². The Labute approximate surface area is 182 Å². The summed E-state index contributed by atoms with van der Waals surface area (Å²) in [6, 6.07) is 20.2. The molecular formula is C23H13Cl2NO4. The van der Waals surface area contributed by atoms with Crippen molar-refractivity contribution in [3.8, 4) is 5.75 Å². The topological polar surface area (TPSA) is 65.0 Å². The Morgan fingerprint density at radius 1 is 0.967 bits per heavy atom. The predicted octanol–water partition coefficient (Wildman–Crippen LogP) is 5.56. The first kappa shape index (κ1) is 19.9. The third kappa shape index (κ3) is 4.43. The molecule has 0 bridgehead atoms. The van der Waals surface area contributed by atoms with Crippen LogP contribution in [0.3, 0.4) is 0 Å². The second-order valence-corrected chi connectivity index (χ2v) is 7.13. The SMILES string of the molecule is O=C1OC(c2cc(Cl)ccc2Cl)=NC1=Cc1cccc(OC(=O)c2ccccc2)c1. The van der Waals surface area contributed by atoms with Crippen LogP contribution in [0.5, 0.6) is 5.75 Å². The second kappa shape index (κ2) is 8.53. The molecule has 1 aliphatic heterocycles. The molecule has 5 nitrogen and oxygen atoms in total. The van der Waals surface area contributed by atoms with Gasteiger partial charge in [-0.25, -0.2) is 14.6 Å². The number of carbonyl (C=O) groups excluding carboxylic acids is 2. The maximum atomic E-state index is 12.2. The molecule has 0 aliphatic carbocycles. The molecule has 0 radical (unpaired) electrons. The van der Waals surface area contributed by atoms with E-state index in [1.165, 1.54) is 6.08 Å². The summed E-state index contributed by atoms with van der Waals surface area (Å²) >= 11 is 12.1. The number of benzene rings is 3. The molecule has 30 heavy (non-hydrogen) atoms. The normalized spacial score (nSPS) is 14.4. The first-order chi connectivity index (χ1) is 14.5. The number of cyclic esters (lactones) is 1. The van der Waals surface area contributed by atoms with Crippen molar-refractivity contribution in [2.45, 2.75) is 0 Å². The van der Waals surface area contributed by atoms with E-state index in [1.54, 1.807) is 66.7 Å². The Morgan fingerprint density at radius 3 is 2.57 bits per heavy atom. The third-order valence-corrected chi connectivity index (χ3v) is 4.73. The largest absolute Gasteiger partial charge is 0.423 e. The van der Waals surface area contributed by atoms with Gasteiger partial charge in [-0.2, -0.15) is 0 Å². The summed E-state index contributed by atoms with van der Waals surface area (Å²) in [6.07, 6.45) is 1.54. The van der Waals surface area contributed by atoms with Gasteiger partial charge in [0.05, 0.1) is 16.1 Å². The van der Waals surface area contributed by atoms with Gasteiger partial charge in [-0.05, 0) is 54.1 Å². The Balaban J connectivity index is 1.58. The van der Waals surface area contributed by atoms with Crippen molar-refractivity contribution in [2.24, 2.45) is 4.99 Å². The lowest BCUT2D eigenvalue weighted by atomic mass is 10.2. The van der Waals surface area contributed by atoms with E-state index < -0.39 is 11.9 Å². The third-order valence-electron chi connectivity index (χ3n) is 4.16. The fourth-order valence-electron chi connectivity index (χ4n) is 2.75. The Kier molecular flexibility index (Phi) is 5.65. The summed E-state index contributed by atoms with van der Waals surface area (Å²) in [6.45, 7) is 0. The average molecular weight is 438 g/mol. The molecule has 1 heterocycles. The van der Waals surface area contributed by atoms with Crippen molar-refractivity contribution in [3.05, 3.63) is 105 Å². The molecule has 4 rings (SSSR count). The van der Waals surface area contributed by atoms with Gasteiger partial charge in [-0.15, -0.1) is 0 Å². The van der Waals surface area contributed by atoms with Crippen LogP contribution in [-0.4, -0.2) is 17.8 Å². The number of hydrogen-bond acceptors (Lipinski definition) is 5. The number of hydrogen-bond donors (Lipinski definition) is 0. The number of ether oxygens (including phenoxy) is 2. The van der Waals surface area contributed by atoms with Crippen LogP contribution in [-0.2, 0) is 9.53 Å². The highest BCUT2D eigenvalue weighted by Gasteiger charge is 2.26. The number of carbonyl (C=O) groups is 2. The molecule has 0 saturated carbocycles. The number of esters is 2. The van der Waals surface area contributed by atoms with E-state index in [1.807, 2.05) is 6.07 Å². The van der Waals surface area contributed by atoms with Crippen molar-refractivity contribution in [1.82, 2.24) is 0 Å². The highest BCUT2D eigenvalue weighted by molar-refractivity contribution is 6.36. The van der Waals surface area contributed by atoms with E-state index in [-0.39, 0.29) is 11.6 Å². The van der Waals surface area contributed by atoms with Crippen LogP contribution in [0.4, 0.5) is 0 Å². The van der Waals surface area contributed by atoms with Crippen LogP contribution in [0.25, 0.3) is 6.08 Å². The van der Waals surface area contributed by atoms with Gasteiger partial charge in [0, 0.05) is 5.02 Å². The van der Waals surface area contributed by atoms with Crippen molar-refractivity contribution < 1.29 is 19.1 Å². The van der Waals surface area contributed by atoms with Gasteiger partial charge in [0.15, 0.2) is 5.70 Å². The molecule has 0 aromatic heterocycles. The molecule has 0 unspecified atom stereocenters. The summed E-state index contributed by atoms with van der Waals surface area (Å²) in [7, 11) is 0. The van der Waals surface area contributed by atoms with Crippen molar-refractivity contribution >= 4 is 47.1 Å². The summed E-state index contributed by atoms with van der Waals surface area (Å²) in [5.41, 5.74) is 1.56. The Hall–Kier alpha value is -3.41. The quantitative estimate of drug-likeness (QED) is 0.304. The lowest BCUT2D eigenvalue weighted by Crippen LogP contribution is -2.08. The number of aliphatic imine (C=N–C) groups is 1. The Morgan fingerprint density at radius 2 is 1.77 bits per heavy atom. The number of nitrogens with zero attached hydrogens (tertiary/aromatic N) is 1. The van der Waals surface area contributed by atoms with Crippen LogP contribution in [0.1, 0.15) is 21.5 Å². The van der Waals surface area contributed by atoms with E-state index in [2.05, 4.69) is 4.99 Å². The minimum Gasteiger partial charge on any atom is -0.423 e. The molecule has 148 valence electrons. The summed E-state index contributed by atoms with van der Waals surface area (Å²) in [5, 5.41) is 0.806. The van der Waals surface area contributed by atoms with E-state index in [9.17, 15) is 9.59 Å². The van der Waals surface area contributed by atoms with Gasteiger partial charge in [-0.1, -0.05) is 53.5 Å². The summed E-state index contributed by atoms with van der Waals surface area (Å²) in [4.78, 5) is 28.7. The van der Waals surface area contributed by atoms with Crippen molar-refractivity contribution in [1.29, 1.82) is 0 Å². The molecule has 3 aromatic rings. The van der Waals surface area contributed by atoms with E-state index in [0.717, 1.165) is 0 Å². The van der Waals surface area contributed by atoms with Gasteiger partial charge in [0.2, 0.25) is 5.90 Å². The van der Waals surface area contributed by atoms with Gasteiger partial charge in [-0.3, -0.25) is 0 Å². The maximum absolute atomic E-state index is 12.2. The van der Waals surface area contributed by atoms with Crippen molar-refractivity contribution in [2.75, 3.05) is 0 Å². The summed E-state index contributed by atoms with van der Waals surface area (Å²) in [5.74, 6) is -0.679. The number of rotatable bonds is 4. The van der Waals surface area contributed by atoms with Crippen LogP contribution < -0.4 is 4.74 Å². The average Bonchev–Trinajstić information content (AvgIpc) is 3.10. The van der Waals surface area contributed by atoms with Crippen LogP contribution in [0.2, 0.25) is 10.0 Å². The van der Waals surface area contributed by atoms with Crippen LogP contribution >= 0.6 is 23.2 Å². The number of halogens is 2. The first-order valence-electron chi connectivity index (χ1n) is 8.85. The predicted molar refractivity (Wildman–Crippen MR) is 115 cm³/mol. The zero-order valence-electron chi connectivity index (χ0n) is 15.3. The molecule has 0 N–H and O–H groups in total. The van der Waals surface area contributed by atoms with Gasteiger partial charge < -0.3 is 9.47 Å². The molecular weight excluding hydrogens is 425 g/mol. The van der Waals surface area contributed by atoms with Crippen LogP contribution in [0, 0.1) is 0 Å². The van der Waals surface area contributed by atoms with Gasteiger partial charge in [0.1, 0.15) is 5.75 Å². The molecule has 0 fully saturated rings.